The van der Waals surface area contributed by atoms with Crippen LogP contribution in [0.5, 0.6) is 0 Å². The Hall–Kier alpha value is -1.05. The summed E-state index contributed by atoms with van der Waals surface area (Å²) in [7, 11) is 0. The summed E-state index contributed by atoms with van der Waals surface area (Å²) in [5.74, 6) is 1.37. The van der Waals surface area contributed by atoms with Gasteiger partial charge in [-0.05, 0) is 19.3 Å². The second-order valence-corrected chi connectivity index (χ2v) is 6.32. The molecule has 0 saturated carbocycles. The van der Waals surface area contributed by atoms with Crippen molar-refractivity contribution < 1.29 is 4.74 Å². The molecule has 1 aliphatic rings. The highest BCUT2D eigenvalue weighted by molar-refractivity contribution is 7.16. The fourth-order valence-electron chi connectivity index (χ4n) is 2.55. The zero-order chi connectivity index (χ0) is 13.9. The number of fused-ring (bicyclic) bond motifs is 1. The van der Waals surface area contributed by atoms with Crippen molar-refractivity contribution in [3.05, 3.63) is 10.8 Å². The maximum Gasteiger partial charge on any atom is 0.234 e. The average molecular weight is 295 g/mol. The van der Waals surface area contributed by atoms with Gasteiger partial charge in [0, 0.05) is 19.1 Å². The Kier molecular flexibility index (Phi) is 4.28. The number of hydrogen-bond donors (Lipinski definition) is 1. The van der Waals surface area contributed by atoms with Gasteiger partial charge in [-0.25, -0.2) is 0 Å². The van der Waals surface area contributed by atoms with E-state index in [0.717, 1.165) is 61.1 Å². The Morgan fingerprint density at radius 1 is 1.40 bits per heavy atom. The van der Waals surface area contributed by atoms with Crippen molar-refractivity contribution in [1.82, 2.24) is 19.8 Å². The maximum absolute atomic E-state index is 6.20. The molecule has 6 nitrogen and oxygen atoms in total. The molecule has 0 aromatic carbocycles. The number of nitrogens with two attached hydrogens (primary N) is 1. The van der Waals surface area contributed by atoms with Gasteiger partial charge in [-0.1, -0.05) is 31.1 Å². The predicted molar refractivity (Wildman–Crippen MR) is 77.9 cm³/mol. The van der Waals surface area contributed by atoms with Crippen LogP contribution in [0, 0.1) is 0 Å². The molecule has 0 spiro atoms. The molecule has 0 radical (unpaired) electrons. The minimum Gasteiger partial charge on any atom is -0.381 e. The predicted octanol–water partition coefficient (Wildman–Crippen LogP) is 2.27. The zero-order valence-electron chi connectivity index (χ0n) is 11.8. The minimum atomic E-state index is 0.0178. The van der Waals surface area contributed by atoms with E-state index in [9.17, 15) is 0 Å². The molecule has 3 rings (SSSR count). The molecule has 1 unspecified atom stereocenters. The minimum absolute atomic E-state index is 0.0178. The van der Waals surface area contributed by atoms with Gasteiger partial charge in [0.15, 0.2) is 5.82 Å². The summed E-state index contributed by atoms with van der Waals surface area (Å²) in [4.78, 5) is 0.855. The highest BCUT2D eigenvalue weighted by atomic mass is 32.1. The van der Waals surface area contributed by atoms with Crippen molar-refractivity contribution in [3.63, 3.8) is 0 Å². The largest absolute Gasteiger partial charge is 0.381 e. The molecule has 1 atom stereocenters. The third-order valence-electron chi connectivity index (χ3n) is 3.80. The van der Waals surface area contributed by atoms with Crippen LogP contribution in [0.4, 0.5) is 0 Å². The van der Waals surface area contributed by atoms with E-state index >= 15 is 0 Å². The summed E-state index contributed by atoms with van der Waals surface area (Å²) in [6.07, 6.45) is 5.26. The molecule has 0 aliphatic carbocycles. The van der Waals surface area contributed by atoms with Crippen molar-refractivity contribution in [2.45, 2.75) is 51.0 Å². The summed E-state index contributed by atoms with van der Waals surface area (Å²) < 4.78 is 7.29. The Balaban J connectivity index is 1.82. The van der Waals surface area contributed by atoms with Crippen LogP contribution in [-0.4, -0.2) is 33.0 Å². The van der Waals surface area contributed by atoms with E-state index in [1.807, 2.05) is 4.52 Å². The van der Waals surface area contributed by atoms with Crippen LogP contribution in [0.2, 0.25) is 0 Å². The molecule has 1 aliphatic heterocycles. The molecule has 2 aromatic heterocycles. The van der Waals surface area contributed by atoms with Crippen molar-refractivity contribution in [3.8, 4) is 0 Å². The molecule has 2 aromatic rings. The van der Waals surface area contributed by atoms with Gasteiger partial charge < -0.3 is 10.5 Å². The van der Waals surface area contributed by atoms with Gasteiger partial charge >= 0.3 is 0 Å². The van der Waals surface area contributed by atoms with Crippen molar-refractivity contribution in [2.75, 3.05) is 13.2 Å². The molecule has 3 heterocycles. The van der Waals surface area contributed by atoms with Crippen LogP contribution >= 0.6 is 11.3 Å². The van der Waals surface area contributed by atoms with E-state index in [-0.39, 0.29) is 6.04 Å². The van der Waals surface area contributed by atoms with Crippen LogP contribution in [0.25, 0.3) is 4.96 Å². The fraction of sp³-hybridized carbons (Fsp3) is 0.769. The van der Waals surface area contributed by atoms with Crippen molar-refractivity contribution in [1.29, 1.82) is 0 Å². The van der Waals surface area contributed by atoms with E-state index < -0.39 is 0 Å². The van der Waals surface area contributed by atoms with Crippen LogP contribution in [-0.2, 0) is 4.74 Å². The Bertz CT molecular complexity index is 560. The maximum atomic E-state index is 6.20. The first-order valence-corrected chi connectivity index (χ1v) is 8.16. The first kappa shape index (κ1) is 13.9. The second-order valence-electron chi connectivity index (χ2n) is 5.33. The van der Waals surface area contributed by atoms with E-state index in [1.165, 1.54) is 0 Å². The topological polar surface area (TPSA) is 78.3 Å². The Morgan fingerprint density at radius 3 is 2.95 bits per heavy atom. The molecule has 2 N–H and O–H groups in total. The average Bonchev–Trinajstić information content (AvgIpc) is 3.05. The summed E-state index contributed by atoms with van der Waals surface area (Å²) >= 11 is 1.56. The number of rotatable bonds is 5. The van der Waals surface area contributed by atoms with Gasteiger partial charge in [0.2, 0.25) is 4.96 Å². The highest BCUT2D eigenvalue weighted by Crippen LogP contribution is 2.28. The standard InChI is InChI=1S/C13H21N5OS/c1-2-3-4-10(14)12-17-18-11(15-16-13(18)20-12)9-5-7-19-8-6-9/h9-10H,2-8,14H2,1H3. The quantitative estimate of drug-likeness (QED) is 0.915. The van der Waals surface area contributed by atoms with Crippen LogP contribution in [0.1, 0.15) is 61.8 Å². The van der Waals surface area contributed by atoms with Gasteiger partial charge in [-0.15, -0.1) is 10.2 Å². The lowest BCUT2D eigenvalue weighted by Gasteiger charge is -2.19. The normalized spacial score (nSPS) is 18.7. The molecule has 20 heavy (non-hydrogen) atoms. The lowest BCUT2D eigenvalue weighted by Crippen LogP contribution is -2.17. The molecule has 7 heteroatoms. The van der Waals surface area contributed by atoms with Gasteiger partial charge in [-0.3, -0.25) is 0 Å². The first-order valence-electron chi connectivity index (χ1n) is 7.35. The lowest BCUT2D eigenvalue weighted by atomic mass is 10.00. The summed E-state index contributed by atoms with van der Waals surface area (Å²) in [6.45, 7) is 3.77. The van der Waals surface area contributed by atoms with E-state index in [2.05, 4.69) is 22.2 Å². The van der Waals surface area contributed by atoms with Gasteiger partial charge in [-0.2, -0.15) is 9.61 Å². The number of ether oxygens (including phenoxy) is 1. The third kappa shape index (κ3) is 2.70. The van der Waals surface area contributed by atoms with Gasteiger partial charge in [0.05, 0.1) is 6.04 Å². The third-order valence-corrected chi connectivity index (χ3v) is 4.83. The van der Waals surface area contributed by atoms with Crippen molar-refractivity contribution in [2.24, 2.45) is 5.73 Å². The smallest absolute Gasteiger partial charge is 0.234 e. The van der Waals surface area contributed by atoms with E-state index in [4.69, 9.17) is 10.5 Å². The van der Waals surface area contributed by atoms with Crippen LogP contribution in [0.15, 0.2) is 0 Å². The van der Waals surface area contributed by atoms with Crippen LogP contribution in [0.3, 0.4) is 0 Å². The first-order chi connectivity index (χ1) is 9.79. The zero-order valence-corrected chi connectivity index (χ0v) is 12.6. The van der Waals surface area contributed by atoms with E-state index in [1.54, 1.807) is 11.3 Å². The highest BCUT2D eigenvalue weighted by Gasteiger charge is 2.24. The van der Waals surface area contributed by atoms with Gasteiger partial charge in [0.1, 0.15) is 5.01 Å². The number of hydrogen-bond acceptors (Lipinski definition) is 6. The van der Waals surface area contributed by atoms with Crippen molar-refractivity contribution >= 4 is 16.3 Å². The molecular formula is C13H21N5OS. The van der Waals surface area contributed by atoms with E-state index in [0.29, 0.717) is 5.92 Å². The molecular weight excluding hydrogens is 274 g/mol. The molecule has 1 fully saturated rings. The lowest BCUT2D eigenvalue weighted by molar-refractivity contribution is 0.0831. The summed E-state index contributed by atoms with van der Waals surface area (Å²) in [5.41, 5.74) is 6.20. The molecule has 1 saturated heterocycles. The molecule has 110 valence electrons. The Morgan fingerprint density at radius 2 is 2.20 bits per heavy atom. The summed E-state index contributed by atoms with van der Waals surface area (Å²) in [5, 5.41) is 14.2. The SMILES string of the molecule is CCCCC(N)c1nn2c(C3CCOCC3)nnc2s1. The monoisotopic (exact) mass is 295 g/mol. The van der Waals surface area contributed by atoms with Gasteiger partial charge in [0.25, 0.3) is 0 Å². The van der Waals surface area contributed by atoms with Crippen LogP contribution < -0.4 is 5.73 Å². The number of aromatic nitrogens is 4. The molecule has 0 amide bonds. The number of nitrogens with zero attached hydrogens (tertiary/aromatic N) is 4. The summed E-state index contributed by atoms with van der Waals surface area (Å²) in [6, 6.07) is 0.0178. The molecule has 0 bridgehead atoms. The Labute approximate surface area is 122 Å². The second kappa shape index (κ2) is 6.15. The fourth-order valence-corrected chi connectivity index (χ4v) is 3.44. The number of unbranched alkanes of at least 4 members (excludes halogenated alkanes) is 1.